The van der Waals surface area contributed by atoms with E-state index < -0.39 is 5.97 Å². The molecular formula is C14H25NO2. The molecule has 0 bridgehead atoms. The second-order valence-electron chi connectivity index (χ2n) is 5.99. The lowest BCUT2D eigenvalue weighted by Gasteiger charge is -2.40. The van der Waals surface area contributed by atoms with Crippen molar-refractivity contribution in [2.24, 2.45) is 11.8 Å². The first-order chi connectivity index (χ1) is 8.15. The number of piperidine rings is 1. The van der Waals surface area contributed by atoms with Gasteiger partial charge in [0.05, 0.1) is 0 Å². The summed E-state index contributed by atoms with van der Waals surface area (Å²) in [6.07, 6.45) is 7.99. The van der Waals surface area contributed by atoms with E-state index in [1.807, 2.05) is 0 Å². The molecule has 3 heteroatoms. The van der Waals surface area contributed by atoms with Gasteiger partial charge in [-0.2, -0.15) is 0 Å². The van der Waals surface area contributed by atoms with E-state index in [-0.39, 0.29) is 0 Å². The number of carboxylic acids is 1. The van der Waals surface area contributed by atoms with Crippen LogP contribution in [0.1, 0.15) is 51.9 Å². The van der Waals surface area contributed by atoms with Crippen LogP contribution in [0.3, 0.4) is 0 Å². The third-order valence-electron chi connectivity index (χ3n) is 4.61. The van der Waals surface area contributed by atoms with Gasteiger partial charge < -0.3 is 10.0 Å². The second-order valence-corrected chi connectivity index (χ2v) is 5.99. The summed E-state index contributed by atoms with van der Waals surface area (Å²) in [6.45, 7) is 4.60. The van der Waals surface area contributed by atoms with Crippen LogP contribution in [0.4, 0.5) is 0 Å². The Labute approximate surface area is 104 Å². The standard InChI is InChI=1S/C14H25NO2/c1-11-2-4-13(5-3-11)15-8-6-12(7-9-15)10-14(16)17/h11-13H,2-10H2,1H3,(H,16,17). The normalized spacial score (nSPS) is 32.5. The lowest BCUT2D eigenvalue weighted by atomic mass is 9.84. The molecule has 0 aromatic carbocycles. The topological polar surface area (TPSA) is 40.5 Å². The number of carboxylic acid groups (broad SMARTS) is 1. The Morgan fingerprint density at radius 3 is 2.24 bits per heavy atom. The van der Waals surface area contributed by atoms with Crippen LogP contribution in [0.2, 0.25) is 0 Å². The maximum Gasteiger partial charge on any atom is 0.303 e. The molecule has 0 aromatic heterocycles. The Balaban J connectivity index is 1.73. The van der Waals surface area contributed by atoms with Gasteiger partial charge in [0, 0.05) is 12.5 Å². The van der Waals surface area contributed by atoms with Crippen molar-refractivity contribution >= 4 is 5.97 Å². The molecule has 0 spiro atoms. The molecule has 1 saturated carbocycles. The lowest BCUT2D eigenvalue weighted by molar-refractivity contribution is -0.138. The molecule has 1 aliphatic carbocycles. The lowest BCUT2D eigenvalue weighted by Crippen LogP contribution is -2.43. The molecule has 2 fully saturated rings. The highest BCUT2D eigenvalue weighted by Crippen LogP contribution is 2.30. The summed E-state index contributed by atoms with van der Waals surface area (Å²) < 4.78 is 0. The Hall–Kier alpha value is -0.570. The summed E-state index contributed by atoms with van der Waals surface area (Å²) in [5.74, 6) is 0.706. The van der Waals surface area contributed by atoms with Gasteiger partial charge in [0.2, 0.25) is 0 Å². The van der Waals surface area contributed by atoms with Gasteiger partial charge in [0.15, 0.2) is 0 Å². The average Bonchev–Trinajstić information content (AvgIpc) is 2.30. The van der Waals surface area contributed by atoms with Crippen molar-refractivity contribution in [2.75, 3.05) is 13.1 Å². The smallest absolute Gasteiger partial charge is 0.303 e. The summed E-state index contributed by atoms with van der Waals surface area (Å²) in [5, 5.41) is 8.80. The third-order valence-corrected chi connectivity index (χ3v) is 4.61. The number of likely N-dealkylation sites (tertiary alicyclic amines) is 1. The molecule has 0 unspecified atom stereocenters. The number of rotatable bonds is 3. The zero-order valence-corrected chi connectivity index (χ0v) is 10.9. The predicted molar refractivity (Wildman–Crippen MR) is 68.0 cm³/mol. The number of hydrogen-bond donors (Lipinski definition) is 1. The largest absolute Gasteiger partial charge is 0.481 e. The molecule has 17 heavy (non-hydrogen) atoms. The average molecular weight is 239 g/mol. The SMILES string of the molecule is CC1CCC(N2CCC(CC(=O)O)CC2)CC1. The first-order valence-corrected chi connectivity index (χ1v) is 7.11. The zero-order valence-electron chi connectivity index (χ0n) is 10.9. The van der Waals surface area contributed by atoms with Crippen LogP contribution in [0.5, 0.6) is 0 Å². The van der Waals surface area contributed by atoms with Gasteiger partial charge in [0.1, 0.15) is 0 Å². The van der Waals surface area contributed by atoms with E-state index in [0.717, 1.165) is 37.9 Å². The van der Waals surface area contributed by atoms with Crippen molar-refractivity contribution in [3.8, 4) is 0 Å². The number of hydrogen-bond acceptors (Lipinski definition) is 2. The van der Waals surface area contributed by atoms with Crippen molar-refractivity contribution < 1.29 is 9.90 Å². The van der Waals surface area contributed by atoms with Gasteiger partial charge in [-0.15, -0.1) is 0 Å². The highest BCUT2D eigenvalue weighted by Gasteiger charge is 2.28. The van der Waals surface area contributed by atoms with Crippen LogP contribution in [-0.2, 0) is 4.79 Å². The van der Waals surface area contributed by atoms with Crippen LogP contribution in [0.15, 0.2) is 0 Å². The maximum atomic E-state index is 10.7. The summed E-state index contributed by atoms with van der Waals surface area (Å²) in [7, 11) is 0. The number of carbonyl (C=O) groups is 1. The van der Waals surface area contributed by atoms with Crippen LogP contribution < -0.4 is 0 Å². The monoisotopic (exact) mass is 239 g/mol. The molecule has 1 N–H and O–H groups in total. The van der Waals surface area contributed by atoms with Crippen LogP contribution in [0, 0.1) is 11.8 Å². The summed E-state index contributed by atoms with van der Waals surface area (Å²) >= 11 is 0. The Morgan fingerprint density at radius 2 is 1.71 bits per heavy atom. The van der Waals surface area contributed by atoms with E-state index >= 15 is 0 Å². The molecule has 0 atom stereocenters. The van der Waals surface area contributed by atoms with Gasteiger partial charge in [-0.05, 0) is 63.5 Å². The molecule has 0 radical (unpaired) electrons. The molecule has 1 heterocycles. The van der Waals surface area contributed by atoms with Crippen molar-refractivity contribution in [3.05, 3.63) is 0 Å². The fourth-order valence-electron chi connectivity index (χ4n) is 3.38. The zero-order chi connectivity index (χ0) is 12.3. The van der Waals surface area contributed by atoms with Crippen molar-refractivity contribution in [3.63, 3.8) is 0 Å². The quantitative estimate of drug-likeness (QED) is 0.823. The summed E-state index contributed by atoms with van der Waals surface area (Å²) in [4.78, 5) is 13.3. The minimum Gasteiger partial charge on any atom is -0.481 e. The molecule has 2 rings (SSSR count). The molecular weight excluding hydrogens is 214 g/mol. The number of nitrogens with zero attached hydrogens (tertiary/aromatic N) is 1. The second kappa shape index (κ2) is 5.85. The van der Waals surface area contributed by atoms with Gasteiger partial charge in [-0.1, -0.05) is 6.92 Å². The van der Waals surface area contributed by atoms with Gasteiger partial charge in [-0.25, -0.2) is 0 Å². The van der Waals surface area contributed by atoms with Crippen LogP contribution in [0.25, 0.3) is 0 Å². The third kappa shape index (κ3) is 3.70. The highest BCUT2D eigenvalue weighted by atomic mass is 16.4. The van der Waals surface area contributed by atoms with Crippen LogP contribution in [-0.4, -0.2) is 35.1 Å². The molecule has 2 aliphatic rings. The van der Waals surface area contributed by atoms with Crippen molar-refractivity contribution in [1.82, 2.24) is 4.90 Å². The Bertz CT molecular complexity index is 251. The summed E-state index contributed by atoms with van der Waals surface area (Å²) in [5.41, 5.74) is 0. The van der Waals surface area contributed by atoms with E-state index in [1.165, 1.54) is 25.7 Å². The predicted octanol–water partition coefficient (Wildman–Crippen LogP) is 2.75. The first-order valence-electron chi connectivity index (χ1n) is 7.11. The first kappa shape index (κ1) is 12.9. The van der Waals surface area contributed by atoms with Crippen molar-refractivity contribution in [2.45, 2.75) is 57.9 Å². The highest BCUT2D eigenvalue weighted by molar-refractivity contribution is 5.67. The molecule has 3 nitrogen and oxygen atoms in total. The Morgan fingerprint density at radius 1 is 1.12 bits per heavy atom. The fourth-order valence-corrected chi connectivity index (χ4v) is 3.38. The van der Waals surface area contributed by atoms with Gasteiger partial charge >= 0.3 is 5.97 Å². The van der Waals surface area contributed by atoms with E-state index in [9.17, 15) is 4.79 Å². The molecule has 1 saturated heterocycles. The van der Waals surface area contributed by atoms with E-state index in [1.54, 1.807) is 0 Å². The molecule has 1 aliphatic heterocycles. The fraction of sp³-hybridized carbons (Fsp3) is 0.929. The minimum absolute atomic E-state index is 0.371. The Kier molecular flexibility index (Phi) is 4.43. The summed E-state index contributed by atoms with van der Waals surface area (Å²) in [6, 6.07) is 0.789. The van der Waals surface area contributed by atoms with E-state index in [2.05, 4.69) is 11.8 Å². The molecule has 98 valence electrons. The van der Waals surface area contributed by atoms with Crippen molar-refractivity contribution in [1.29, 1.82) is 0 Å². The van der Waals surface area contributed by atoms with E-state index in [0.29, 0.717) is 12.3 Å². The van der Waals surface area contributed by atoms with E-state index in [4.69, 9.17) is 5.11 Å². The minimum atomic E-state index is -0.630. The van der Waals surface area contributed by atoms with Crippen LogP contribution >= 0.6 is 0 Å². The molecule has 0 aromatic rings. The maximum absolute atomic E-state index is 10.7. The van der Waals surface area contributed by atoms with Gasteiger partial charge in [0.25, 0.3) is 0 Å². The molecule has 0 amide bonds. The van der Waals surface area contributed by atoms with Gasteiger partial charge in [-0.3, -0.25) is 4.79 Å². The number of aliphatic carboxylic acids is 1.